The number of hydrogen-bond donors (Lipinski definition) is 1. The van der Waals surface area contributed by atoms with E-state index in [1.807, 2.05) is 18.7 Å². The van der Waals surface area contributed by atoms with Crippen LogP contribution in [-0.4, -0.2) is 59.3 Å². The molecule has 1 N–H and O–H groups in total. The van der Waals surface area contributed by atoms with Crippen molar-refractivity contribution in [3.63, 3.8) is 0 Å². The van der Waals surface area contributed by atoms with Gasteiger partial charge < -0.3 is 9.84 Å². The van der Waals surface area contributed by atoms with E-state index in [0.717, 1.165) is 25.6 Å². The van der Waals surface area contributed by atoms with Gasteiger partial charge in [-0.15, -0.1) is 0 Å². The summed E-state index contributed by atoms with van der Waals surface area (Å²) in [4.78, 5) is 12.8. The third-order valence-corrected chi connectivity index (χ3v) is 4.43. The van der Waals surface area contributed by atoms with Gasteiger partial charge >= 0.3 is 5.97 Å². The molecule has 4 nitrogen and oxygen atoms in total. The number of rotatable bonds is 5. The van der Waals surface area contributed by atoms with Gasteiger partial charge in [0.05, 0.1) is 5.60 Å². The molecule has 2 aliphatic rings. The Morgan fingerprint density at radius 3 is 2.94 bits per heavy atom. The molecule has 2 fully saturated rings. The fourth-order valence-corrected chi connectivity index (χ4v) is 3.72. The molecule has 0 aromatic rings. The zero-order valence-corrected chi connectivity index (χ0v) is 10.5. The van der Waals surface area contributed by atoms with E-state index in [1.165, 1.54) is 17.9 Å². The van der Waals surface area contributed by atoms with Gasteiger partial charge in [-0.25, -0.2) is 4.79 Å². The maximum Gasteiger partial charge on any atom is 0.329 e. The van der Waals surface area contributed by atoms with Gasteiger partial charge in [-0.05, 0) is 30.8 Å². The lowest BCUT2D eigenvalue weighted by Gasteiger charge is -2.48. The van der Waals surface area contributed by atoms with Crippen LogP contribution in [0.1, 0.15) is 13.3 Å². The maximum atomic E-state index is 10.4. The summed E-state index contributed by atoms with van der Waals surface area (Å²) in [5, 5.41) is 8.55. The average Bonchev–Trinajstić information content (AvgIpc) is 2.65. The second-order valence-corrected chi connectivity index (χ2v) is 6.18. The zero-order valence-electron chi connectivity index (χ0n) is 9.65. The van der Waals surface area contributed by atoms with Crippen molar-refractivity contribution in [3.8, 4) is 0 Å². The van der Waals surface area contributed by atoms with E-state index in [9.17, 15) is 4.79 Å². The van der Waals surface area contributed by atoms with Crippen LogP contribution in [0.5, 0.6) is 0 Å². The SMILES string of the molecule is CC1(OCC(=O)O)CN(CC2CCSC2)C1. The van der Waals surface area contributed by atoms with E-state index in [-0.39, 0.29) is 12.2 Å². The van der Waals surface area contributed by atoms with Gasteiger partial charge in [0.15, 0.2) is 0 Å². The second-order valence-electron chi connectivity index (χ2n) is 5.03. The zero-order chi connectivity index (χ0) is 11.6. The van der Waals surface area contributed by atoms with E-state index in [0.29, 0.717) is 0 Å². The number of thioether (sulfide) groups is 1. The molecule has 92 valence electrons. The summed E-state index contributed by atoms with van der Waals surface area (Å²) < 4.78 is 5.38. The van der Waals surface area contributed by atoms with Crippen LogP contribution in [0.2, 0.25) is 0 Å². The lowest BCUT2D eigenvalue weighted by atomic mass is 9.94. The average molecular weight is 245 g/mol. The van der Waals surface area contributed by atoms with E-state index in [4.69, 9.17) is 9.84 Å². The van der Waals surface area contributed by atoms with Gasteiger partial charge in [-0.1, -0.05) is 0 Å². The molecule has 5 heteroatoms. The largest absolute Gasteiger partial charge is 0.480 e. The fourth-order valence-electron chi connectivity index (χ4n) is 2.45. The topological polar surface area (TPSA) is 49.8 Å². The number of carbonyl (C=O) groups is 1. The molecule has 2 rings (SSSR count). The number of carboxylic acid groups (broad SMARTS) is 1. The van der Waals surface area contributed by atoms with Gasteiger partial charge in [0.1, 0.15) is 6.61 Å². The molecule has 2 heterocycles. The van der Waals surface area contributed by atoms with Crippen molar-refractivity contribution >= 4 is 17.7 Å². The Kier molecular flexibility index (Phi) is 3.77. The highest BCUT2D eigenvalue weighted by Gasteiger charge is 2.40. The molecule has 2 saturated heterocycles. The van der Waals surface area contributed by atoms with Gasteiger partial charge in [0, 0.05) is 19.6 Å². The number of hydrogen-bond acceptors (Lipinski definition) is 4. The first-order chi connectivity index (χ1) is 7.57. The molecule has 1 atom stereocenters. The van der Waals surface area contributed by atoms with Crippen LogP contribution in [0.15, 0.2) is 0 Å². The molecule has 1 unspecified atom stereocenters. The molecule has 0 radical (unpaired) electrons. The number of aliphatic carboxylic acids is 1. The molecule has 0 amide bonds. The lowest BCUT2D eigenvalue weighted by molar-refractivity contribution is -0.165. The van der Waals surface area contributed by atoms with E-state index >= 15 is 0 Å². The van der Waals surface area contributed by atoms with Crippen molar-refractivity contribution < 1.29 is 14.6 Å². The predicted molar refractivity (Wildman–Crippen MR) is 63.9 cm³/mol. The van der Waals surface area contributed by atoms with Crippen LogP contribution in [0, 0.1) is 5.92 Å². The van der Waals surface area contributed by atoms with Crippen LogP contribution in [0.25, 0.3) is 0 Å². The third kappa shape index (κ3) is 3.12. The van der Waals surface area contributed by atoms with Crippen molar-refractivity contribution in [1.29, 1.82) is 0 Å². The third-order valence-electron chi connectivity index (χ3n) is 3.20. The van der Waals surface area contributed by atoms with Crippen molar-refractivity contribution in [3.05, 3.63) is 0 Å². The highest BCUT2D eigenvalue weighted by atomic mass is 32.2. The minimum atomic E-state index is -0.883. The van der Waals surface area contributed by atoms with Gasteiger partial charge in [0.25, 0.3) is 0 Å². The Morgan fingerprint density at radius 2 is 2.38 bits per heavy atom. The van der Waals surface area contributed by atoms with Crippen molar-refractivity contribution in [2.45, 2.75) is 18.9 Å². The smallest absolute Gasteiger partial charge is 0.329 e. The summed E-state index contributed by atoms with van der Waals surface area (Å²) in [6, 6.07) is 0. The minimum absolute atomic E-state index is 0.177. The Labute approximate surface area is 100 Å². The molecule has 0 aromatic carbocycles. The molecular formula is C11H19NO3S. The molecule has 0 bridgehead atoms. The molecule has 0 spiro atoms. The summed E-state index contributed by atoms with van der Waals surface area (Å²) in [6.45, 7) is 4.72. The maximum absolute atomic E-state index is 10.4. The van der Waals surface area contributed by atoms with Gasteiger partial charge in [-0.2, -0.15) is 11.8 Å². The van der Waals surface area contributed by atoms with Crippen molar-refractivity contribution in [2.75, 3.05) is 37.7 Å². The molecular weight excluding hydrogens is 226 g/mol. The summed E-state index contributed by atoms with van der Waals surface area (Å²) in [5.41, 5.74) is -0.232. The fraction of sp³-hybridized carbons (Fsp3) is 0.909. The minimum Gasteiger partial charge on any atom is -0.480 e. The van der Waals surface area contributed by atoms with Gasteiger partial charge in [0.2, 0.25) is 0 Å². The van der Waals surface area contributed by atoms with Gasteiger partial charge in [-0.3, -0.25) is 4.90 Å². The first kappa shape index (κ1) is 12.2. The van der Waals surface area contributed by atoms with E-state index in [2.05, 4.69) is 4.90 Å². The van der Waals surface area contributed by atoms with Crippen LogP contribution in [0.3, 0.4) is 0 Å². The monoisotopic (exact) mass is 245 g/mol. The van der Waals surface area contributed by atoms with E-state index in [1.54, 1.807) is 0 Å². The van der Waals surface area contributed by atoms with Crippen molar-refractivity contribution in [1.82, 2.24) is 4.90 Å². The first-order valence-corrected chi connectivity index (χ1v) is 6.89. The molecule has 16 heavy (non-hydrogen) atoms. The molecule has 0 aliphatic carbocycles. The number of likely N-dealkylation sites (tertiary alicyclic amines) is 1. The predicted octanol–water partition coefficient (Wildman–Crippen LogP) is 0.915. The van der Waals surface area contributed by atoms with Crippen LogP contribution in [0.4, 0.5) is 0 Å². The lowest BCUT2D eigenvalue weighted by Crippen LogP contribution is -2.62. The number of nitrogens with zero attached hydrogens (tertiary/aromatic N) is 1. The Hall–Kier alpha value is -0.260. The number of ether oxygens (including phenoxy) is 1. The van der Waals surface area contributed by atoms with Crippen molar-refractivity contribution in [2.24, 2.45) is 5.92 Å². The van der Waals surface area contributed by atoms with Crippen LogP contribution < -0.4 is 0 Å². The Bertz CT molecular complexity index is 260. The molecule has 2 aliphatic heterocycles. The molecule has 0 aromatic heterocycles. The highest BCUT2D eigenvalue weighted by Crippen LogP contribution is 2.29. The summed E-state index contributed by atoms with van der Waals surface area (Å²) >= 11 is 2.04. The quantitative estimate of drug-likeness (QED) is 0.780. The molecule has 0 saturated carbocycles. The Morgan fingerprint density at radius 1 is 1.62 bits per heavy atom. The standard InChI is InChI=1S/C11H19NO3S/c1-11(15-5-10(13)14)7-12(8-11)4-9-2-3-16-6-9/h9H,2-8H2,1H3,(H,13,14). The second kappa shape index (κ2) is 4.94. The Balaban J connectivity index is 1.65. The number of carboxylic acids is 1. The first-order valence-electron chi connectivity index (χ1n) is 5.73. The van der Waals surface area contributed by atoms with Crippen LogP contribution in [-0.2, 0) is 9.53 Å². The summed E-state index contributed by atoms with van der Waals surface area (Å²) in [7, 11) is 0. The summed E-state index contributed by atoms with van der Waals surface area (Å²) in [5.74, 6) is 2.52. The van der Waals surface area contributed by atoms with E-state index < -0.39 is 5.97 Å². The normalized spacial score (nSPS) is 28.9. The summed E-state index contributed by atoms with van der Waals surface area (Å²) in [6.07, 6.45) is 1.33. The highest BCUT2D eigenvalue weighted by molar-refractivity contribution is 7.99. The van der Waals surface area contributed by atoms with Crippen LogP contribution >= 0.6 is 11.8 Å².